The summed E-state index contributed by atoms with van der Waals surface area (Å²) in [5, 5.41) is 0. The van der Waals surface area contributed by atoms with Gasteiger partial charge in [-0.25, -0.2) is 4.79 Å². The van der Waals surface area contributed by atoms with Crippen LogP contribution in [0.25, 0.3) is 6.08 Å². The van der Waals surface area contributed by atoms with Gasteiger partial charge in [-0.05, 0) is 30.7 Å². The summed E-state index contributed by atoms with van der Waals surface area (Å²) < 4.78 is 25.5. The Balaban J connectivity index is 2.37. The lowest BCUT2D eigenvalue weighted by Crippen LogP contribution is -2.13. The topological polar surface area (TPSA) is 80.3 Å². The van der Waals surface area contributed by atoms with Gasteiger partial charge in [-0.2, -0.15) is 0 Å². The first-order valence-electron chi connectivity index (χ1n) is 8.49. The molecule has 7 heteroatoms. The van der Waals surface area contributed by atoms with E-state index in [0.717, 1.165) is 5.56 Å². The summed E-state index contributed by atoms with van der Waals surface area (Å²) in [5.41, 5.74) is 0.885. The number of ketones is 1. The largest absolute Gasteiger partial charge is 0.513 e. The van der Waals surface area contributed by atoms with E-state index in [1.54, 1.807) is 32.2 Å². The molecular weight excluding hydrogens is 364 g/mol. The number of carbonyl (C=O) groups excluding carboxylic acids is 2. The van der Waals surface area contributed by atoms with Crippen LogP contribution in [0.5, 0.6) is 23.0 Å². The molecule has 0 aliphatic rings. The highest BCUT2D eigenvalue weighted by molar-refractivity contribution is 6.11. The monoisotopic (exact) mass is 386 g/mol. The lowest BCUT2D eigenvalue weighted by Gasteiger charge is -2.13. The third-order valence-corrected chi connectivity index (χ3v) is 3.74. The van der Waals surface area contributed by atoms with Crippen LogP contribution in [0.15, 0.2) is 42.5 Å². The Hall–Kier alpha value is -3.48. The minimum atomic E-state index is -0.925. The van der Waals surface area contributed by atoms with Crippen LogP contribution in [0.4, 0.5) is 4.79 Å². The molecule has 0 fully saturated rings. The summed E-state index contributed by atoms with van der Waals surface area (Å²) in [6.45, 7) is 1.79. The molecule has 0 unspecified atom stereocenters. The molecule has 0 saturated heterocycles. The van der Waals surface area contributed by atoms with Gasteiger partial charge in [0.25, 0.3) is 0 Å². The zero-order chi connectivity index (χ0) is 20.5. The van der Waals surface area contributed by atoms with E-state index in [9.17, 15) is 9.59 Å². The number of methoxy groups -OCH3 is 3. The van der Waals surface area contributed by atoms with Gasteiger partial charge in [-0.1, -0.05) is 18.2 Å². The first-order chi connectivity index (χ1) is 13.5. The molecule has 0 atom stereocenters. The first kappa shape index (κ1) is 20.8. The molecule has 28 heavy (non-hydrogen) atoms. The van der Waals surface area contributed by atoms with Crippen LogP contribution < -0.4 is 18.9 Å². The molecule has 7 nitrogen and oxygen atoms in total. The van der Waals surface area contributed by atoms with Crippen molar-refractivity contribution < 1.29 is 33.3 Å². The fourth-order valence-electron chi connectivity index (χ4n) is 2.38. The molecule has 0 N–H and O–H groups in total. The SMILES string of the molecule is CCOC(=O)Oc1cc(OC)cc(OC)c1C(=O)C=Cc1ccc(OC)cc1. The zero-order valence-electron chi connectivity index (χ0n) is 16.2. The second kappa shape index (κ2) is 10.0. The molecule has 0 aliphatic heterocycles. The molecular formula is C21H22O7. The van der Waals surface area contributed by atoms with Crippen molar-refractivity contribution in [3.8, 4) is 23.0 Å². The summed E-state index contributed by atoms with van der Waals surface area (Å²) >= 11 is 0. The minimum Gasteiger partial charge on any atom is -0.497 e. The molecule has 0 saturated carbocycles. The predicted molar refractivity (Wildman–Crippen MR) is 104 cm³/mol. The third-order valence-electron chi connectivity index (χ3n) is 3.74. The van der Waals surface area contributed by atoms with Crippen LogP contribution in [-0.4, -0.2) is 39.9 Å². The number of rotatable bonds is 8. The normalized spacial score (nSPS) is 10.4. The second-order valence-corrected chi connectivity index (χ2v) is 5.46. The highest BCUT2D eigenvalue weighted by Crippen LogP contribution is 2.35. The van der Waals surface area contributed by atoms with Gasteiger partial charge in [-0.3, -0.25) is 4.79 Å². The van der Waals surface area contributed by atoms with Crippen LogP contribution in [0, 0.1) is 0 Å². The van der Waals surface area contributed by atoms with Crippen LogP contribution in [0.1, 0.15) is 22.8 Å². The van der Waals surface area contributed by atoms with E-state index in [2.05, 4.69) is 0 Å². The molecule has 0 radical (unpaired) electrons. The van der Waals surface area contributed by atoms with Gasteiger partial charge in [0.2, 0.25) is 0 Å². The average molecular weight is 386 g/mol. The van der Waals surface area contributed by atoms with Crippen LogP contribution >= 0.6 is 0 Å². The molecule has 0 aromatic heterocycles. The van der Waals surface area contributed by atoms with Gasteiger partial charge in [0.1, 0.15) is 22.8 Å². The maximum absolute atomic E-state index is 12.8. The van der Waals surface area contributed by atoms with E-state index in [0.29, 0.717) is 11.5 Å². The number of ether oxygens (including phenoxy) is 5. The summed E-state index contributed by atoms with van der Waals surface area (Å²) in [7, 11) is 4.44. The van der Waals surface area contributed by atoms with Crippen LogP contribution in [-0.2, 0) is 4.74 Å². The smallest absolute Gasteiger partial charge is 0.497 e. The molecule has 148 valence electrons. The van der Waals surface area contributed by atoms with Crippen LogP contribution in [0.3, 0.4) is 0 Å². The van der Waals surface area contributed by atoms with Crippen molar-refractivity contribution in [2.45, 2.75) is 6.92 Å². The Morgan fingerprint density at radius 1 is 0.893 bits per heavy atom. The highest BCUT2D eigenvalue weighted by Gasteiger charge is 2.21. The van der Waals surface area contributed by atoms with Gasteiger partial charge in [-0.15, -0.1) is 0 Å². The van der Waals surface area contributed by atoms with E-state index in [-0.39, 0.29) is 23.7 Å². The Labute approximate surface area is 163 Å². The predicted octanol–water partition coefficient (Wildman–Crippen LogP) is 4.14. The van der Waals surface area contributed by atoms with Crippen molar-refractivity contribution in [3.05, 3.63) is 53.6 Å². The maximum atomic E-state index is 12.8. The summed E-state index contributed by atoms with van der Waals surface area (Å²) in [5.74, 6) is 0.869. The maximum Gasteiger partial charge on any atom is 0.513 e. The molecule has 0 spiro atoms. The van der Waals surface area contributed by atoms with E-state index in [1.165, 1.54) is 32.4 Å². The van der Waals surface area contributed by atoms with E-state index >= 15 is 0 Å². The zero-order valence-corrected chi connectivity index (χ0v) is 16.2. The standard InChI is InChI=1S/C21H22O7/c1-5-27-21(23)28-19-13-16(25-3)12-18(26-4)20(19)17(22)11-8-14-6-9-15(24-2)10-7-14/h6-13H,5H2,1-4H3. The molecule has 2 aromatic carbocycles. The number of carbonyl (C=O) groups is 2. The van der Waals surface area contributed by atoms with Gasteiger partial charge in [0, 0.05) is 12.1 Å². The fraction of sp³-hybridized carbons (Fsp3) is 0.238. The molecule has 2 rings (SSSR count). The summed E-state index contributed by atoms with van der Waals surface area (Å²) in [6.07, 6.45) is 2.08. The first-order valence-corrected chi connectivity index (χ1v) is 8.49. The lowest BCUT2D eigenvalue weighted by molar-refractivity contribution is 0.100. The van der Waals surface area contributed by atoms with Crippen molar-refractivity contribution in [1.82, 2.24) is 0 Å². The Bertz CT molecular complexity index is 854. The number of hydrogen-bond donors (Lipinski definition) is 0. The van der Waals surface area contributed by atoms with Crippen LogP contribution in [0.2, 0.25) is 0 Å². The van der Waals surface area contributed by atoms with E-state index in [1.807, 2.05) is 12.1 Å². The van der Waals surface area contributed by atoms with Crippen molar-refractivity contribution in [2.24, 2.45) is 0 Å². The molecule has 0 aliphatic carbocycles. The summed E-state index contributed by atoms with van der Waals surface area (Å²) in [6, 6.07) is 10.1. The number of benzene rings is 2. The van der Waals surface area contributed by atoms with E-state index < -0.39 is 11.9 Å². The Morgan fingerprint density at radius 2 is 1.54 bits per heavy atom. The van der Waals surface area contributed by atoms with Gasteiger partial charge in [0.15, 0.2) is 11.5 Å². The average Bonchev–Trinajstić information content (AvgIpc) is 2.71. The lowest BCUT2D eigenvalue weighted by atomic mass is 10.1. The minimum absolute atomic E-state index is 0.0148. The number of hydrogen-bond acceptors (Lipinski definition) is 7. The highest BCUT2D eigenvalue weighted by atomic mass is 16.7. The summed E-state index contributed by atoms with van der Waals surface area (Å²) in [4.78, 5) is 24.6. The molecule has 0 amide bonds. The van der Waals surface area contributed by atoms with Crippen molar-refractivity contribution in [2.75, 3.05) is 27.9 Å². The van der Waals surface area contributed by atoms with Gasteiger partial charge < -0.3 is 23.7 Å². The molecule has 0 heterocycles. The fourth-order valence-corrected chi connectivity index (χ4v) is 2.38. The van der Waals surface area contributed by atoms with E-state index in [4.69, 9.17) is 23.7 Å². The Morgan fingerprint density at radius 3 is 2.11 bits per heavy atom. The quantitative estimate of drug-likeness (QED) is 0.292. The van der Waals surface area contributed by atoms with Crippen molar-refractivity contribution in [3.63, 3.8) is 0 Å². The second-order valence-electron chi connectivity index (χ2n) is 5.46. The molecule has 2 aromatic rings. The number of allylic oxidation sites excluding steroid dienone is 1. The molecule has 0 bridgehead atoms. The van der Waals surface area contributed by atoms with Gasteiger partial charge >= 0.3 is 6.16 Å². The Kier molecular flexibility index (Phi) is 7.45. The van der Waals surface area contributed by atoms with Crippen molar-refractivity contribution >= 4 is 18.0 Å². The van der Waals surface area contributed by atoms with Crippen molar-refractivity contribution in [1.29, 1.82) is 0 Å². The van der Waals surface area contributed by atoms with Gasteiger partial charge in [0.05, 0.1) is 27.9 Å². The third kappa shape index (κ3) is 5.26.